The van der Waals surface area contributed by atoms with E-state index in [-0.39, 0.29) is 17.9 Å². The predicted molar refractivity (Wildman–Crippen MR) is 142 cm³/mol. The molecule has 4 rings (SSSR count). The van der Waals surface area contributed by atoms with E-state index in [1.165, 1.54) is 49.0 Å². The van der Waals surface area contributed by atoms with Crippen molar-refractivity contribution in [2.24, 2.45) is 0 Å². The number of carbonyl (C=O) groups excluding carboxylic acids is 2. The zero-order valence-electron chi connectivity index (χ0n) is 21.1. The molecule has 1 saturated carbocycles. The number of rotatable bonds is 8. The summed E-state index contributed by atoms with van der Waals surface area (Å²) in [7, 11) is 0. The molecule has 1 aromatic carbocycles. The first-order valence-electron chi connectivity index (χ1n) is 13.2. The van der Waals surface area contributed by atoms with Crippen molar-refractivity contribution in [1.29, 1.82) is 0 Å². The Hall–Kier alpha value is -2.22. The summed E-state index contributed by atoms with van der Waals surface area (Å²) in [5.74, 6) is -0.421. The SMILES string of the molecule is CCOC(=O)c1c(NC(=O)[C@@H](C)NC2CCCCCCC2)sc2c1CCN(Cc1ccccc1)C2. The van der Waals surface area contributed by atoms with Gasteiger partial charge < -0.3 is 15.4 Å². The third-order valence-electron chi connectivity index (χ3n) is 7.09. The number of carbonyl (C=O) groups is 2. The van der Waals surface area contributed by atoms with Crippen LogP contribution in [0.15, 0.2) is 30.3 Å². The van der Waals surface area contributed by atoms with E-state index in [0.717, 1.165) is 49.3 Å². The highest BCUT2D eigenvalue weighted by Crippen LogP contribution is 2.38. The second-order valence-electron chi connectivity index (χ2n) is 9.79. The Morgan fingerprint density at radius 1 is 1.11 bits per heavy atom. The molecule has 6 nitrogen and oxygen atoms in total. The molecule has 0 bridgehead atoms. The van der Waals surface area contributed by atoms with E-state index in [9.17, 15) is 9.59 Å². The lowest BCUT2D eigenvalue weighted by atomic mass is 9.96. The van der Waals surface area contributed by atoms with Gasteiger partial charge in [0.1, 0.15) is 5.00 Å². The van der Waals surface area contributed by atoms with Crippen LogP contribution in [0.25, 0.3) is 0 Å². The molecule has 7 heteroatoms. The Kier molecular flexibility index (Phi) is 9.35. The summed E-state index contributed by atoms with van der Waals surface area (Å²) in [5.41, 5.74) is 2.87. The van der Waals surface area contributed by atoms with E-state index >= 15 is 0 Å². The van der Waals surface area contributed by atoms with Gasteiger partial charge in [-0.05, 0) is 44.2 Å². The first-order valence-corrected chi connectivity index (χ1v) is 14.0. The van der Waals surface area contributed by atoms with Gasteiger partial charge in [0.15, 0.2) is 0 Å². The quantitative estimate of drug-likeness (QED) is 0.471. The third kappa shape index (κ3) is 6.93. The van der Waals surface area contributed by atoms with Crippen LogP contribution in [0.2, 0.25) is 0 Å². The van der Waals surface area contributed by atoms with Crippen LogP contribution < -0.4 is 10.6 Å². The Labute approximate surface area is 213 Å². The van der Waals surface area contributed by atoms with Crippen molar-refractivity contribution in [3.05, 3.63) is 51.9 Å². The number of hydrogen-bond acceptors (Lipinski definition) is 6. The zero-order chi connectivity index (χ0) is 24.6. The van der Waals surface area contributed by atoms with Gasteiger partial charge >= 0.3 is 5.97 Å². The van der Waals surface area contributed by atoms with E-state index in [2.05, 4.69) is 39.8 Å². The number of benzene rings is 1. The topological polar surface area (TPSA) is 70.7 Å². The summed E-state index contributed by atoms with van der Waals surface area (Å²) in [4.78, 5) is 29.6. The van der Waals surface area contributed by atoms with E-state index in [1.54, 1.807) is 0 Å². The minimum Gasteiger partial charge on any atom is -0.462 e. The Balaban J connectivity index is 1.46. The number of amides is 1. The van der Waals surface area contributed by atoms with Gasteiger partial charge in [-0.2, -0.15) is 0 Å². The van der Waals surface area contributed by atoms with Gasteiger partial charge in [-0.15, -0.1) is 11.3 Å². The second-order valence-corrected chi connectivity index (χ2v) is 10.9. The van der Waals surface area contributed by atoms with Gasteiger partial charge in [0.05, 0.1) is 18.2 Å². The number of thiophene rings is 1. The smallest absolute Gasteiger partial charge is 0.341 e. The largest absolute Gasteiger partial charge is 0.462 e. The molecule has 2 N–H and O–H groups in total. The van der Waals surface area contributed by atoms with Gasteiger partial charge in [0.2, 0.25) is 5.91 Å². The number of ether oxygens (including phenoxy) is 1. The van der Waals surface area contributed by atoms with Gasteiger partial charge in [-0.25, -0.2) is 4.79 Å². The standard InChI is InChI=1S/C28H39N3O3S/c1-3-34-28(33)25-23-16-17-31(18-21-12-8-7-9-13-21)19-24(23)35-27(25)30-26(32)20(2)29-22-14-10-5-4-6-11-15-22/h7-9,12-13,20,22,29H,3-6,10-11,14-19H2,1-2H3,(H,30,32)/t20-/m1/s1. The molecule has 35 heavy (non-hydrogen) atoms. The lowest BCUT2D eigenvalue weighted by molar-refractivity contribution is -0.118. The average molecular weight is 498 g/mol. The zero-order valence-corrected chi connectivity index (χ0v) is 21.9. The fourth-order valence-corrected chi connectivity index (χ4v) is 6.49. The molecule has 190 valence electrons. The summed E-state index contributed by atoms with van der Waals surface area (Å²) in [6.07, 6.45) is 9.34. The van der Waals surface area contributed by atoms with E-state index in [0.29, 0.717) is 23.2 Å². The van der Waals surface area contributed by atoms with Crippen LogP contribution in [-0.2, 0) is 29.0 Å². The maximum absolute atomic E-state index is 13.2. The van der Waals surface area contributed by atoms with Crippen molar-refractivity contribution in [1.82, 2.24) is 10.2 Å². The highest BCUT2D eigenvalue weighted by molar-refractivity contribution is 7.17. The molecule has 1 aliphatic heterocycles. The minimum absolute atomic E-state index is 0.0858. The van der Waals surface area contributed by atoms with Gasteiger partial charge in [0.25, 0.3) is 0 Å². The Morgan fingerprint density at radius 2 is 1.83 bits per heavy atom. The summed E-state index contributed by atoms with van der Waals surface area (Å²) < 4.78 is 5.39. The number of nitrogens with zero attached hydrogens (tertiary/aromatic N) is 1. The molecule has 1 aromatic heterocycles. The number of esters is 1. The van der Waals surface area contributed by atoms with E-state index < -0.39 is 0 Å². The molecule has 0 radical (unpaired) electrons. The fraction of sp³-hybridized carbons (Fsp3) is 0.571. The van der Waals surface area contributed by atoms with Crippen molar-refractivity contribution in [3.8, 4) is 0 Å². The van der Waals surface area contributed by atoms with Crippen LogP contribution in [0.1, 0.15) is 85.2 Å². The van der Waals surface area contributed by atoms with Crippen LogP contribution in [0.4, 0.5) is 5.00 Å². The average Bonchev–Trinajstić information content (AvgIpc) is 3.18. The molecule has 2 aromatic rings. The van der Waals surface area contributed by atoms with Crippen LogP contribution in [0.5, 0.6) is 0 Å². The monoisotopic (exact) mass is 497 g/mol. The molecule has 1 fully saturated rings. The molecule has 0 saturated heterocycles. The normalized spacial score (nSPS) is 18.2. The van der Waals surface area contributed by atoms with Crippen LogP contribution in [-0.4, -0.2) is 42.0 Å². The first-order chi connectivity index (χ1) is 17.0. The van der Waals surface area contributed by atoms with Gasteiger partial charge in [-0.1, -0.05) is 62.4 Å². The van der Waals surface area contributed by atoms with Crippen LogP contribution in [0.3, 0.4) is 0 Å². The summed E-state index contributed by atoms with van der Waals surface area (Å²) in [5, 5.41) is 7.26. The molecular weight excluding hydrogens is 458 g/mol. The van der Waals surface area contributed by atoms with Crippen LogP contribution in [0, 0.1) is 0 Å². The van der Waals surface area contributed by atoms with Crippen LogP contribution >= 0.6 is 11.3 Å². The summed E-state index contributed by atoms with van der Waals surface area (Å²) in [6, 6.07) is 10.5. The van der Waals surface area contributed by atoms with Gasteiger partial charge in [0, 0.05) is 30.6 Å². The van der Waals surface area contributed by atoms with Crippen molar-refractivity contribution in [3.63, 3.8) is 0 Å². The highest BCUT2D eigenvalue weighted by atomic mass is 32.1. The third-order valence-corrected chi connectivity index (χ3v) is 8.22. The maximum Gasteiger partial charge on any atom is 0.341 e. The highest BCUT2D eigenvalue weighted by Gasteiger charge is 2.30. The van der Waals surface area contributed by atoms with Gasteiger partial charge in [-0.3, -0.25) is 9.69 Å². The van der Waals surface area contributed by atoms with Crippen molar-refractivity contribution in [2.45, 2.75) is 90.4 Å². The molecule has 2 heterocycles. The summed E-state index contributed by atoms with van der Waals surface area (Å²) >= 11 is 1.53. The Morgan fingerprint density at radius 3 is 2.54 bits per heavy atom. The molecule has 1 aliphatic carbocycles. The lowest BCUT2D eigenvalue weighted by Crippen LogP contribution is -2.44. The van der Waals surface area contributed by atoms with Crippen molar-refractivity contribution < 1.29 is 14.3 Å². The van der Waals surface area contributed by atoms with E-state index in [1.807, 2.05) is 19.9 Å². The van der Waals surface area contributed by atoms with Crippen molar-refractivity contribution >= 4 is 28.2 Å². The number of fused-ring (bicyclic) bond motifs is 1. The number of nitrogens with one attached hydrogen (secondary N) is 2. The first kappa shape index (κ1) is 25.9. The minimum atomic E-state index is -0.336. The summed E-state index contributed by atoms with van der Waals surface area (Å²) in [6.45, 7) is 6.57. The fourth-order valence-electron chi connectivity index (χ4n) is 5.21. The predicted octanol–water partition coefficient (Wildman–Crippen LogP) is 5.51. The molecular formula is C28H39N3O3S. The molecule has 2 aliphatic rings. The van der Waals surface area contributed by atoms with E-state index in [4.69, 9.17) is 4.74 Å². The second kappa shape index (κ2) is 12.7. The molecule has 1 atom stereocenters. The number of hydrogen-bond donors (Lipinski definition) is 2. The molecule has 1 amide bonds. The Bertz CT molecular complexity index is 983. The number of anilines is 1. The van der Waals surface area contributed by atoms with Crippen molar-refractivity contribution in [2.75, 3.05) is 18.5 Å². The maximum atomic E-state index is 13.2. The molecule has 0 unspecified atom stereocenters. The molecule has 0 spiro atoms. The lowest BCUT2D eigenvalue weighted by Gasteiger charge is -2.27.